The van der Waals surface area contributed by atoms with Gasteiger partial charge in [-0.1, -0.05) is 18.2 Å². The van der Waals surface area contributed by atoms with E-state index in [2.05, 4.69) is 26.6 Å². The summed E-state index contributed by atoms with van der Waals surface area (Å²) in [5, 5.41) is 5.76. The van der Waals surface area contributed by atoms with Gasteiger partial charge in [0.2, 0.25) is 0 Å². The van der Waals surface area contributed by atoms with E-state index in [0.29, 0.717) is 39.3 Å². The molecule has 7 heteroatoms. The van der Waals surface area contributed by atoms with E-state index in [1.165, 1.54) is 0 Å². The monoisotopic (exact) mass is 522 g/mol. The van der Waals surface area contributed by atoms with Gasteiger partial charge in [-0.05, 0) is 96.2 Å². The summed E-state index contributed by atoms with van der Waals surface area (Å²) in [5.41, 5.74) is 4.21. The molecule has 6 nitrogen and oxygen atoms in total. The number of hydrogen-bond donors (Lipinski definition) is 2. The Morgan fingerprint density at radius 3 is 2.56 bits per heavy atom. The first-order valence-electron chi connectivity index (χ1n) is 11.2. The highest BCUT2D eigenvalue weighted by Gasteiger charge is 2.18. The smallest absolute Gasteiger partial charge is 0.257 e. The minimum absolute atomic E-state index is 0.112. The van der Waals surface area contributed by atoms with Crippen LogP contribution in [0.3, 0.4) is 0 Å². The molecule has 0 radical (unpaired) electrons. The quantitative estimate of drug-likeness (QED) is 0.391. The molecular formula is C27H27BrN2O4. The second-order valence-electron chi connectivity index (χ2n) is 8.34. The van der Waals surface area contributed by atoms with E-state index in [1.807, 2.05) is 32.0 Å². The Balaban J connectivity index is 1.44. The zero-order valence-electron chi connectivity index (χ0n) is 19.2. The van der Waals surface area contributed by atoms with Gasteiger partial charge in [0.15, 0.2) is 0 Å². The second kappa shape index (κ2) is 10.8. The molecule has 34 heavy (non-hydrogen) atoms. The van der Waals surface area contributed by atoms with Gasteiger partial charge in [0.25, 0.3) is 11.8 Å². The summed E-state index contributed by atoms with van der Waals surface area (Å²) in [7, 11) is 0. The number of carbonyl (C=O) groups excluding carboxylic acids is 2. The van der Waals surface area contributed by atoms with Crippen molar-refractivity contribution in [2.75, 3.05) is 23.8 Å². The van der Waals surface area contributed by atoms with Crippen molar-refractivity contribution in [1.29, 1.82) is 0 Å². The Labute approximate surface area is 207 Å². The molecule has 1 fully saturated rings. The molecule has 4 rings (SSSR count). The molecular weight excluding hydrogens is 496 g/mol. The first-order chi connectivity index (χ1) is 16.4. The van der Waals surface area contributed by atoms with E-state index in [4.69, 9.17) is 9.47 Å². The molecule has 1 heterocycles. The molecule has 1 aliphatic rings. The summed E-state index contributed by atoms with van der Waals surface area (Å²) < 4.78 is 12.1. The zero-order valence-corrected chi connectivity index (χ0v) is 20.8. The largest absolute Gasteiger partial charge is 0.490 e. The van der Waals surface area contributed by atoms with Crippen LogP contribution in [-0.2, 0) is 4.74 Å². The van der Waals surface area contributed by atoms with Crippen LogP contribution in [0.5, 0.6) is 5.75 Å². The van der Waals surface area contributed by atoms with E-state index < -0.39 is 0 Å². The number of nitrogens with one attached hydrogen (secondary N) is 2. The lowest BCUT2D eigenvalue weighted by Gasteiger charge is -2.14. The SMILES string of the molecule is Cc1ccc(NC(=O)c2ccccc2NC(=O)c2ccc(OCC3CCCO3)c(Br)c2)cc1C. The molecule has 1 atom stereocenters. The molecule has 176 valence electrons. The first-order valence-corrected chi connectivity index (χ1v) is 12.0. The molecule has 0 saturated carbocycles. The van der Waals surface area contributed by atoms with Crippen LogP contribution in [0.25, 0.3) is 0 Å². The summed E-state index contributed by atoms with van der Waals surface area (Å²) in [4.78, 5) is 25.9. The molecule has 1 saturated heterocycles. The average Bonchev–Trinajstić information content (AvgIpc) is 3.34. The van der Waals surface area contributed by atoms with Gasteiger partial charge in [-0.2, -0.15) is 0 Å². The van der Waals surface area contributed by atoms with Crippen LogP contribution in [0.15, 0.2) is 65.1 Å². The zero-order chi connectivity index (χ0) is 24.1. The topological polar surface area (TPSA) is 76.7 Å². The maximum atomic E-state index is 12.9. The van der Waals surface area contributed by atoms with Crippen molar-refractivity contribution in [3.05, 3.63) is 87.4 Å². The van der Waals surface area contributed by atoms with Gasteiger partial charge in [0.1, 0.15) is 12.4 Å². The standard InChI is InChI=1S/C27H27BrN2O4/c1-17-9-11-20(14-18(17)2)29-27(32)22-7-3-4-8-24(22)30-26(31)19-10-12-25(23(28)15-19)34-16-21-6-5-13-33-21/h3-4,7-12,14-15,21H,5-6,13,16H2,1-2H3,(H,29,32)(H,30,31). The minimum atomic E-state index is -0.321. The van der Waals surface area contributed by atoms with Crippen molar-refractivity contribution in [3.8, 4) is 5.75 Å². The Bertz CT molecular complexity index is 1200. The summed E-state index contributed by atoms with van der Waals surface area (Å²) in [6.07, 6.45) is 2.16. The lowest BCUT2D eigenvalue weighted by atomic mass is 10.1. The first kappa shape index (κ1) is 24.0. The van der Waals surface area contributed by atoms with Crippen LogP contribution < -0.4 is 15.4 Å². The summed E-state index contributed by atoms with van der Waals surface area (Å²) in [6.45, 7) is 5.27. The van der Waals surface area contributed by atoms with E-state index in [0.717, 1.165) is 30.6 Å². The van der Waals surface area contributed by atoms with Gasteiger partial charge in [-0.25, -0.2) is 0 Å². The highest BCUT2D eigenvalue weighted by atomic mass is 79.9. The highest BCUT2D eigenvalue weighted by Crippen LogP contribution is 2.28. The number of amides is 2. The fraction of sp³-hybridized carbons (Fsp3) is 0.259. The Morgan fingerprint density at radius 2 is 1.82 bits per heavy atom. The number of anilines is 2. The third-order valence-electron chi connectivity index (χ3n) is 5.83. The summed E-state index contributed by atoms with van der Waals surface area (Å²) in [6, 6.07) is 17.8. The van der Waals surface area contributed by atoms with Crippen LogP contribution in [-0.4, -0.2) is 31.1 Å². The molecule has 3 aromatic carbocycles. The number of hydrogen-bond acceptors (Lipinski definition) is 4. The van der Waals surface area contributed by atoms with Crippen molar-refractivity contribution in [2.45, 2.75) is 32.8 Å². The normalized spacial score (nSPS) is 15.1. The van der Waals surface area contributed by atoms with Crippen molar-refractivity contribution >= 4 is 39.1 Å². The number of ether oxygens (including phenoxy) is 2. The van der Waals surface area contributed by atoms with Crippen LogP contribution >= 0.6 is 15.9 Å². The molecule has 0 spiro atoms. The van der Waals surface area contributed by atoms with E-state index >= 15 is 0 Å². The second-order valence-corrected chi connectivity index (χ2v) is 9.20. The molecule has 1 unspecified atom stereocenters. The number of halogens is 1. The van der Waals surface area contributed by atoms with Crippen molar-refractivity contribution < 1.29 is 19.1 Å². The molecule has 2 N–H and O–H groups in total. The predicted octanol–water partition coefficient (Wildman–Crippen LogP) is 6.13. The van der Waals surface area contributed by atoms with Gasteiger partial charge >= 0.3 is 0 Å². The summed E-state index contributed by atoms with van der Waals surface area (Å²) >= 11 is 3.49. The van der Waals surface area contributed by atoms with Gasteiger partial charge in [-0.15, -0.1) is 0 Å². The predicted molar refractivity (Wildman–Crippen MR) is 137 cm³/mol. The lowest BCUT2D eigenvalue weighted by Crippen LogP contribution is -2.18. The van der Waals surface area contributed by atoms with Crippen LogP contribution in [0.1, 0.15) is 44.7 Å². The van der Waals surface area contributed by atoms with E-state index in [1.54, 1.807) is 42.5 Å². The van der Waals surface area contributed by atoms with Gasteiger partial charge in [-0.3, -0.25) is 9.59 Å². The maximum Gasteiger partial charge on any atom is 0.257 e. The molecule has 0 aliphatic carbocycles. The number of benzene rings is 3. The highest BCUT2D eigenvalue weighted by molar-refractivity contribution is 9.10. The van der Waals surface area contributed by atoms with Gasteiger partial charge < -0.3 is 20.1 Å². The molecule has 2 amide bonds. The maximum absolute atomic E-state index is 12.9. The lowest BCUT2D eigenvalue weighted by molar-refractivity contribution is 0.0677. The third-order valence-corrected chi connectivity index (χ3v) is 6.45. The van der Waals surface area contributed by atoms with Crippen LogP contribution in [0, 0.1) is 13.8 Å². The number of para-hydroxylation sites is 1. The number of rotatable bonds is 7. The Kier molecular flexibility index (Phi) is 7.65. The molecule has 0 bridgehead atoms. The molecule has 3 aromatic rings. The molecule has 0 aromatic heterocycles. The summed E-state index contributed by atoms with van der Waals surface area (Å²) in [5.74, 6) is 0.0382. The third kappa shape index (κ3) is 5.85. The fourth-order valence-corrected chi connectivity index (χ4v) is 4.21. The van der Waals surface area contributed by atoms with Crippen molar-refractivity contribution in [1.82, 2.24) is 0 Å². The Morgan fingerprint density at radius 1 is 1.00 bits per heavy atom. The van der Waals surface area contributed by atoms with Gasteiger partial charge in [0, 0.05) is 17.9 Å². The van der Waals surface area contributed by atoms with Crippen molar-refractivity contribution in [3.63, 3.8) is 0 Å². The van der Waals surface area contributed by atoms with E-state index in [9.17, 15) is 9.59 Å². The van der Waals surface area contributed by atoms with E-state index in [-0.39, 0.29) is 17.9 Å². The van der Waals surface area contributed by atoms with Crippen LogP contribution in [0.4, 0.5) is 11.4 Å². The average molecular weight is 523 g/mol. The van der Waals surface area contributed by atoms with Crippen LogP contribution in [0.2, 0.25) is 0 Å². The molecule has 1 aliphatic heterocycles. The number of carbonyl (C=O) groups is 2. The number of aryl methyl sites for hydroxylation is 2. The Hall–Kier alpha value is -3.16. The van der Waals surface area contributed by atoms with Gasteiger partial charge in [0.05, 0.1) is 21.8 Å². The van der Waals surface area contributed by atoms with Crippen molar-refractivity contribution in [2.24, 2.45) is 0 Å². The minimum Gasteiger partial charge on any atom is -0.490 e. The fourth-order valence-electron chi connectivity index (χ4n) is 3.72.